The maximum Gasteiger partial charge on any atom is 0.0297 e. The molecule has 13 heavy (non-hydrogen) atoms. The van der Waals surface area contributed by atoms with E-state index in [-0.39, 0.29) is 0 Å². The summed E-state index contributed by atoms with van der Waals surface area (Å²) in [6.07, 6.45) is 4.24. The van der Waals surface area contributed by atoms with Gasteiger partial charge in [0, 0.05) is 32.2 Å². The minimum Gasteiger partial charge on any atom is -0.325 e. The summed E-state index contributed by atoms with van der Waals surface area (Å²) in [7, 11) is 0. The average molecular weight is 183 g/mol. The summed E-state index contributed by atoms with van der Waals surface area (Å²) >= 11 is 0. The first kappa shape index (κ1) is 9.44. The van der Waals surface area contributed by atoms with Crippen molar-refractivity contribution in [2.24, 2.45) is 5.73 Å². The molecule has 0 saturated carbocycles. The molecular formula is C10H21N3. The third kappa shape index (κ3) is 2.66. The SMILES string of the molecule is NC1CN(CCN2CCCCC2)C1. The van der Waals surface area contributed by atoms with E-state index in [4.69, 9.17) is 5.73 Å². The minimum atomic E-state index is 0.460. The molecule has 76 valence electrons. The van der Waals surface area contributed by atoms with E-state index in [1.807, 2.05) is 0 Å². The van der Waals surface area contributed by atoms with Gasteiger partial charge in [-0.05, 0) is 25.9 Å². The quantitative estimate of drug-likeness (QED) is 0.674. The molecule has 2 aliphatic rings. The van der Waals surface area contributed by atoms with Gasteiger partial charge in [0.1, 0.15) is 0 Å². The number of rotatable bonds is 3. The van der Waals surface area contributed by atoms with Gasteiger partial charge in [-0.15, -0.1) is 0 Å². The first-order valence-corrected chi connectivity index (χ1v) is 5.55. The Hall–Kier alpha value is -0.120. The van der Waals surface area contributed by atoms with Crippen LogP contribution in [0.5, 0.6) is 0 Å². The lowest BCUT2D eigenvalue weighted by atomic mass is 10.1. The molecule has 2 rings (SSSR count). The molecule has 0 spiro atoms. The van der Waals surface area contributed by atoms with E-state index in [0.29, 0.717) is 6.04 Å². The van der Waals surface area contributed by atoms with Gasteiger partial charge in [-0.1, -0.05) is 6.42 Å². The average Bonchev–Trinajstić information content (AvgIpc) is 2.12. The van der Waals surface area contributed by atoms with E-state index in [1.54, 1.807) is 0 Å². The maximum absolute atomic E-state index is 5.72. The number of likely N-dealkylation sites (tertiary alicyclic amines) is 2. The van der Waals surface area contributed by atoms with E-state index >= 15 is 0 Å². The highest BCUT2D eigenvalue weighted by molar-refractivity contribution is 4.83. The molecule has 0 atom stereocenters. The second-order valence-corrected chi connectivity index (χ2v) is 4.42. The number of hydrogen-bond donors (Lipinski definition) is 1. The molecule has 2 N–H and O–H groups in total. The van der Waals surface area contributed by atoms with Crippen LogP contribution in [0.15, 0.2) is 0 Å². The maximum atomic E-state index is 5.72. The lowest BCUT2D eigenvalue weighted by Crippen LogP contribution is -2.57. The van der Waals surface area contributed by atoms with Gasteiger partial charge < -0.3 is 10.6 Å². The molecular weight excluding hydrogens is 162 g/mol. The van der Waals surface area contributed by atoms with Crippen molar-refractivity contribution in [3.8, 4) is 0 Å². The summed E-state index contributed by atoms with van der Waals surface area (Å²) < 4.78 is 0. The molecule has 0 aliphatic carbocycles. The fourth-order valence-electron chi connectivity index (χ4n) is 2.26. The van der Waals surface area contributed by atoms with Crippen molar-refractivity contribution in [3.63, 3.8) is 0 Å². The van der Waals surface area contributed by atoms with Crippen LogP contribution in [0.25, 0.3) is 0 Å². The predicted molar refractivity (Wildman–Crippen MR) is 54.7 cm³/mol. The second-order valence-electron chi connectivity index (χ2n) is 4.42. The Balaban J connectivity index is 1.56. The van der Waals surface area contributed by atoms with Crippen LogP contribution in [0, 0.1) is 0 Å². The molecule has 3 nitrogen and oxygen atoms in total. The summed E-state index contributed by atoms with van der Waals surface area (Å²) in [5.74, 6) is 0. The molecule has 0 unspecified atom stereocenters. The molecule has 3 heteroatoms. The first-order chi connectivity index (χ1) is 6.34. The standard InChI is InChI=1S/C10H21N3/c11-10-8-13(9-10)7-6-12-4-2-1-3-5-12/h10H,1-9,11H2. The van der Waals surface area contributed by atoms with Gasteiger partial charge in [-0.2, -0.15) is 0 Å². The van der Waals surface area contributed by atoms with Crippen LogP contribution in [0.4, 0.5) is 0 Å². The zero-order chi connectivity index (χ0) is 9.10. The van der Waals surface area contributed by atoms with Crippen LogP contribution >= 0.6 is 0 Å². The van der Waals surface area contributed by atoms with Gasteiger partial charge in [0.05, 0.1) is 0 Å². The summed E-state index contributed by atoms with van der Waals surface area (Å²) in [6.45, 7) is 7.36. The molecule has 0 aromatic carbocycles. The Bertz CT molecular complexity index is 148. The van der Waals surface area contributed by atoms with Crippen LogP contribution in [0.2, 0.25) is 0 Å². The molecule has 2 saturated heterocycles. The normalized spacial score (nSPS) is 27.5. The number of piperidine rings is 1. The Morgan fingerprint density at radius 2 is 1.54 bits per heavy atom. The van der Waals surface area contributed by atoms with E-state index < -0.39 is 0 Å². The number of hydrogen-bond acceptors (Lipinski definition) is 3. The molecule has 2 aliphatic heterocycles. The van der Waals surface area contributed by atoms with Crippen LogP contribution in [0.3, 0.4) is 0 Å². The number of nitrogens with zero attached hydrogens (tertiary/aromatic N) is 2. The van der Waals surface area contributed by atoms with E-state index in [2.05, 4.69) is 9.80 Å². The molecule has 0 radical (unpaired) electrons. The zero-order valence-corrected chi connectivity index (χ0v) is 8.41. The smallest absolute Gasteiger partial charge is 0.0297 e. The third-order valence-corrected chi connectivity index (χ3v) is 3.17. The Labute approximate surface area is 80.9 Å². The van der Waals surface area contributed by atoms with Crippen molar-refractivity contribution in [1.29, 1.82) is 0 Å². The van der Waals surface area contributed by atoms with Gasteiger partial charge in [0.2, 0.25) is 0 Å². The van der Waals surface area contributed by atoms with Crippen molar-refractivity contribution in [3.05, 3.63) is 0 Å². The molecule has 2 fully saturated rings. The molecule has 0 bridgehead atoms. The molecule has 0 aromatic rings. The highest BCUT2D eigenvalue weighted by Crippen LogP contribution is 2.09. The van der Waals surface area contributed by atoms with Crippen molar-refractivity contribution in [2.75, 3.05) is 39.3 Å². The monoisotopic (exact) mass is 183 g/mol. The second kappa shape index (κ2) is 4.40. The van der Waals surface area contributed by atoms with Crippen LogP contribution in [-0.4, -0.2) is 55.1 Å². The molecule has 2 heterocycles. The molecule has 0 aromatic heterocycles. The largest absolute Gasteiger partial charge is 0.325 e. The topological polar surface area (TPSA) is 32.5 Å². The van der Waals surface area contributed by atoms with Crippen LogP contribution in [-0.2, 0) is 0 Å². The Kier molecular flexibility index (Phi) is 3.19. The van der Waals surface area contributed by atoms with Gasteiger partial charge in [0.15, 0.2) is 0 Å². The lowest BCUT2D eigenvalue weighted by Gasteiger charge is -2.38. The molecule has 0 amide bonds. The van der Waals surface area contributed by atoms with Gasteiger partial charge in [-0.25, -0.2) is 0 Å². The zero-order valence-electron chi connectivity index (χ0n) is 8.41. The highest BCUT2D eigenvalue weighted by Gasteiger charge is 2.22. The predicted octanol–water partition coefficient (Wildman–Crippen LogP) is 0.115. The first-order valence-electron chi connectivity index (χ1n) is 5.55. The Morgan fingerprint density at radius 3 is 2.15 bits per heavy atom. The van der Waals surface area contributed by atoms with Crippen molar-refractivity contribution in [1.82, 2.24) is 9.80 Å². The summed E-state index contributed by atoms with van der Waals surface area (Å²) in [5.41, 5.74) is 5.72. The van der Waals surface area contributed by atoms with Crippen LogP contribution in [0.1, 0.15) is 19.3 Å². The van der Waals surface area contributed by atoms with E-state index in [9.17, 15) is 0 Å². The Morgan fingerprint density at radius 1 is 0.923 bits per heavy atom. The van der Waals surface area contributed by atoms with E-state index in [1.165, 1.54) is 45.4 Å². The van der Waals surface area contributed by atoms with Crippen molar-refractivity contribution >= 4 is 0 Å². The van der Waals surface area contributed by atoms with Crippen LogP contribution < -0.4 is 5.73 Å². The van der Waals surface area contributed by atoms with E-state index in [0.717, 1.165) is 13.1 Å². The van der Waals surface area contributed by atoms with Gasteiger partial charge >= 0.3 is 0 Å². The lowest BCUT2D eigenvalue weighted by molar-refractivity contribution is 0.119. The van der Waals surface area contributed by atoms with Gasteiger partial charge in [0.25, 0.3) is 0 Å². The number of nitrogens with two attached hydrogens (primary N) is 1. The fraction of sp³-hybridized carbons (Fsp3) is 1.00. The van der Waals surface area contributed by atoms with Crippen molar-refractivity contribution < 1.29 is 0 Å². The third-order valence-electron chi connectivity index (χ3n) is 3.17. The van der Waals surface area contributed by atoms with Gasteiger partial charge in [-0.3, -0.25) is 4.90 Å². The minimum absolute atomic E-state index is 0.460. The van der Waals surface area contributed by atoms with Crippen molar-refractivity contribution in [2.45, 2.75) is 25.3 Å². The highest BCUT2D eigenvalue weighted by atomic mass is 15.2. The summed E-state index contributed by atoms with van der Waals surface area (Å²) in [5, 5.41) is 0. The fourth-order valence-corrected chi connectivity index (χ4v) is 2.26. The summed E-state index contributed by atoms with van der Waals surface area (Å²) in [6, 6.07) is 0.460. The summed E-state index contributed by atoms with van der Waals surface area (Å²) in [4.78, 5) is 5.05.